The number of nitrogens with one attached hydrogen (secondary N) is 1. The smallest absolute Gasteiger partial charge is 0.230 e. The van der Waals surface area contributed by atoms with Gasteiger partial charge in [-0.1, -0.05) is 30.4 Å². The summed E-state index contributed by atoms with van der Waals surface area (Å²) in [6, 6.07) is 6.28. The van der Waals surface area contributed by atoms with Crippen LogP contribution in [0.2, 0.25) is 0 Å². The molecule has 0 aliphatic carbocycles. The van der Waals surface area contributed by atoms with Gasteiger partial charge in [0.15, 0.2) is 0 Å². The predicted octanol–water partition coefficient (Wildman–Crippen LogP) is 1.97. The number of hydrogen-bond donors (Lipinski definition) is 1. The first kappa shape index (κ1) is 19.1. The number of likely N-dealkylation sites (tertiary alicyclic amines) is 1. The number of aromatic nitrogens is 2. The zero-order chi connectivity index (χ0) is 21.0. The topological polar surface area (TPSA) is 78.5 Å². The van der Waals surface area contributed by atoms with Crippen LogP contribution in [0.15, 0.2) is 42.7 Å². The van der Waals surface area contributed by atoms with Crippen molar-refractivity contribution in [3.63, 3.8) is 0 Å². The van der Waals surface area contributed by atoms with E-state index in [1.807, 2.05) is 17.1 Å². The third kappa shape index (κ3) is 2.88. The number of ether oxygens (including phenoxy) is 1. The Morgan fingerprint density at radius 3 is 2.93 bits per heavy atom. The largest absolute Gasteiger partial charge is 0.360 e. The van der Waals surface area contributed by atoms with Crippen molar-refractivity contribution in [1.82, 2.24) is 19.8 Å². The van der Waals surface area contributed by atoms with Gasteiger partial charge in [-0.3, -0.25) is 9.59 Å². The SMILES string of the molecule is Cc1ccc(CN2C[C@]34C=C[C@H](O3)[C@H](C(=O)N(C)Cc3ncc[nH]3)[C@@H]4C2=O)cc1C. The van der Waals surface area contributed by atoms with E-state index in [1.165, 1.54) is 11.1 Å². The first-order valence-corrected chi connectivity index (χ1v) is 10.3. The molecule has 2 saturated heterocycles. The maximum Gasteiger partial charge on any atom is 0.230 e. The van der Waals surface area contributed by atoms with Crippen molar-refractivity contribution in [2.45, 2.75) is 38.6 Å². The maximum absolute atomic E-state index is 13.4. The molecule has 30 heavy (non-hydrogen) atoms. The molecule has 2 amide bonds. The Bertz CT molecular complexity index is 1030. The Morgan fingerprint density at radius 2 is 2.20 bits per heavy atom. The molecule has 7 heteroatoms. The molecule has 2 bridgehead atoms. The fraction of sp³-hybridized carbons (Fsp3) is 0.435. The van der Waals surface area contributed by atoms with E-state index in [1.54, 1.807) is 24.3 Å². The van der Waals surface area contributed by atoms with Crippen LogP contribution < -0.4 is 0 Å². The predicted molar refractivity (Wildman–Crippen MR) is 110 cm³/mol. The quantitative estimate of drug-likeness (QED) is 0.770. The minimum Gasteiger partial charge on any atom is -0.360 e. The van der Waals surface area contributed by atoms with E-state index in [9.17, 15) is 9.59 Å². The van der Waals surface area contributed by atoms with Crippen LogP contribution in [-0.2, 0) is 27.4 Å². The molecule has 1 aromatic heterocycles. The lowest BCUT2D eigenvalue weighted by molar-refractivity contribution is -0.143. The summed E-state index contributed by atoms with van der Waals surface area (Å²) in [6.07, 6.45) is 7.01. The molecule has 4 heterocycles. The number of hydrogen-bond acceptors (Lipinski definition) is 4. The van der Waals surface area contributed by atoms with Gasteiger partial charge in [0.2, 0.25) is 11.8 Å². The molecule has 0 saturated carbocycles. The van der Waals surface area contributed by atoms with E-state index >= 15 is 0 Å². The van der Waals surface area contributed by atoms with Gasteiger partial charge in [-0.15, -0.1) is 0 Å². The highest BCUT2D eigenvalue weighted by atomic mass is 16.5. The van der Waals surface area contributed by atoms with Crippen molar-refractivity contribution in [1.29, 1.82) is 0 Å². The summed E-state index contributed by atoms with van der Waals surface area (Å²) in [5.74, 6) is -0.314. The van der Waals surface area contributed by atoms with Gasteiger partial charge in [-0.05, 0) is 30.5 Å². The van der Waals surface area contributed by atoms with Gasteiger partial charge in [-0.2, -0.15) is 0 Å². The third-order valence-electron chi connectivity index (χ3n) is 6.73. The second-order valence-corrected chi connectivity index (χ2v) is 8.74. The molecule has 3 aliphatic heterocycles. The standard InChI is InChI=1S/C23H26N4O3/c1-14-4-5-16(10-15(14)2)11-27-13-23-7-6-17(30-23)19(20(23)22(27)29)21(28)26(3)12-18-24-8-9-25-18/h4-10,17,19-20H,11-13H2,1-3H3,(H,24,25)/t17-,19-,20+,23-/m0/s1. The van der Waals surface area contributed by atoms with E-state index in [0.717, 1.165) is 5.56 Å². The molecule has 1 spiro atoms. The fourth-order valence-corrected chi connectivity index (χ4v) is 5.06. The van der Waals surface area contributed by atoms with E-state index in [4.69, 9.17) is 4.74 Å². The number of imidazole rings is 1. The number of aryl methyl sites for hydroxylation is 2. The molecule has 156 valence electrons. The first-order chi connectivity index (χ1) is 14.4. The van der Waals surface area contributed by atoms with Gasteiger partial charge in [0.1, 0.15) is 11.4 Å². The lowest BCUT2D eigenvalue weighted by Crippen LogP contribution is -2.44. The maximum atomic E-state index is 13.4. The molecule has 2 aromatic rings. The molecule has 0 radical (unpaired) electrons. The minimum atomic E-state index is -0.687. The van der Waals surface area contributed by atoms with E-state index in [0.29, 0.717) is 25.5 Å². The van der Waals surface area contributed by atoms with Crippen LogP contribution >= 0.6 is 0 Å². The number of carbonyl (C=O) groups excluding carboxylic acids is 2. The molecule has 1 aromatic carbocycles. The third-order valence-corrected chi connectivity index (χ3v) is 6.73. The lowest BCUT2D eigenvalue weighted by atomic mass is 9.76. The zero-order valence-electron chi connectivity index (χ0n) is 17.5. The van der Waals surface area contributed by atoms with Crippen molar-refractivity contribution >= 4 is 11.8 Å². The van der Waals surface area contributed by atoms with Gasteiger partial charge in [0.05, 0.1) is 31.0 Å². The zero-order valence-corrected chi connectivity index (χ0v) is 17.5. The fourth-order valence-electron chi connectivity index (χ4n) is 5.06. The number of amides is 2. The highest BCUT2D eigenvalue weighted by molar-refractivity contribution is 5.93. The Hall–Kier alpha value is -2.93. The molecule has 7 nitrogen and oxygen atoms in total. The van der Waals surface area contributed by atoms with Crippen molar-refractivity contribution in [2.75, 3.05) is 13.6 Å². The minimum absolute atomic E-state index is 0.00447. The number of rotatable bonds is 5. The normalized spacial score (nSPS) is 29.0. The molecule has 3 aliphatic rings. The van der Waals surface area contributed by atoms with Gasteiger partial charge in [0, 0.05) is 26.0 Å². The van der Waals surface area contributed by atoms with Gasteiger partial charge >= 0.3 is 0 Å². The van der Waals surface area contributed by atoms with Crippen LogP contribution in [0.1, 0.15) is 22.5 Å². The van der Waals surface area contributed by atoms with Crippen LogP contribution in [0, 0.1) is 25.7 Å². The summed E-state index contributed by atoms with van der Waals surface area (Å²) >= 11 is 0. The summed E-state index contributed by atoms with van der Waals surface area (Å²) in [4.78, 5) is 37.4. The number of aromatic amines is 1. The van der Waals surface area contributed by atoms with E-state index in [2.05, 4.69) is 42.0 Å². The highest BCUT2D eigenvalue weighted by Gasteiger charge is 2.67. The molecule has 1 N–H and O–H groups in total. The van der Waals surface area contributed by atoms with Gasteiger partial charge < -0.3 is 19.5 Å². The molecule has 5 rings (SSSR count). The number of carbonyl (C=O) groups is 2. The van der Waals surface area contributed by atoms with E-state index < -0.39 is 17.4 Å². The average Bonchev–Trinajstić information content (AvgIpc) is 3.47. The second kappa shape index (κ2) is 6.80. The number of nitrogens with zero attached hydrogens (tertiary/aromatic N) is 3. The average molecular weight is 406 g/mol. The molecular formula is C23H26N4O3. The van der Waals surface area contributed by atoms with Crippen LogP contribution in [0.25, 0.3) is 0 Å². The molecular weight excluding hydrogens is 380 g/mol. The lowest BCUT2D eigenvalue weighted by Gasteiger charge is -2.27. The van der Waals surface area contributed by atoms with E-state index in [-0.39, 0.29) is 17.9 Å². The molecule has 4 atom stereocenters. The summed E-state index contributed by atoms with van der Waals surface area (Å²) < 4.78 is 6.24. The van der Waals surface area contributed by atoms with Crippen LogP contribution in [0.3, 0.4) is 0 Å². The Morgan fingerprint density at radius 1 is 1.37 bits per heavy atom. The van der Waals surface area contributed by atoms with Gasteiger partial charge in [-0.25, -0.2) is 4.98 Å². The Labute approximate surface area is 175 Å². The van der Waals surface area contributed by atoms with Crippen LogP contribution in [-0.4, -0.2) is 56.9 Å². The highest BCUT2D eigenvalue weighted by Crippen LogP contribution is 2.52. The van der Waals surface area contributed by atoms with Crippen molar-refractivity contribution in [3.8, 4) is 0 Å². The number of benzene rings is 1. The van der Waals surface area contributed by atoms with Crippen LogP contribution in [0.4, 0.5) is 0 Å². The molecule has 0 unspecified atom stereocenters. The number of fused-ring (bicyclic) bond motifs is 1. The Balaban J connectivity index is 1.36. The number of H-pyrrole nitrogens is 1. The van der Waals surface area contributed by atoms with Gasteiger partial charge in [0.25, 0.3) is 0 Å². The second-order valence-electron chi connectivity index (χ2n) is 8.74. The van der Waals surface area contributed by atoms with Crippen molar-refractivity contribution < 1.29 is 14.3 Å². The first-order valence-electron chi connectivity index (χ1n) is 10.3. The summed E-state index contributed by atoms with van der Waals surface area (Å²) in [7, 11) is 1.75. The molecule has 2 fully saturated rings. The summed E-state index contributed by atoms with van der Waals surface area (Å²) in [6.45, 7) is 5.55. The Kier molecular flexibility index (Phi) is 4.32. The van der Waals surface area contributed by atoms with Crippen LogP contribution in [0.5, 0.6) is 0 Å². The summed E-state index contributed by atoms with van der Waals surface area (Å²) in [5.41, 5.74) is 2.85. The monoisotopic (exact) mass is 406 g/mol. The van der Waals surface area contributed by atoms with Crippen molar-refractivity contribution in [3.05, 3.63) is 65.3 Å². The van der Waals surface area contributed by atoms with Crippen molar-refractivity contribution in [2.24, 2.45) is 11.8 Å². The summed E-state index contributed by atoms with van der Waals surface area (Å²) in [5, 5.41) is 0.